The summed E-state index contributed by atoms with van der Waals surface area (Å²) in [5.41, 5.74) is 2.08. The van der Waals surface area contributed by atoms with Crippen molar-refractivity contribution >= 4 is 11.9 Å². The van der Waals surface area contributed by atoms with Gasteiger partial charge in [0, 0.05) is 37.9 Å². The fourth-order valence-corrected chi connectivity index (χ4v) is 2.98. The van der Waals surface area contributed by atoms with E-state index in [-0.39, 0.29) is 0 Å². The highest BCUT2D eigenvalue weighted by molar-refractivity contribution is 5.76. The van der Waals surface area contributed by atoms with Gasteiger partial charge in [-0.1, -0.05) is 19.1 Å². The highest BCUT2D eigenvalue weighted by atomic mass is 16.5. The predicted molar refractivity (Wildman–Crippen MR) is 119 cm³/mol. The zero-order valence-corrected chi connectivity index (χ0v) is 18.2. The van der Waals surface area contributed by atoms with Gasteiger partial charge in [-0.15, -0.1) is 0 Å². The quantitative estimate of drug-likeness (QED) is 0.532. The Morgan fingerprint density at radius 1 is 1.00 bits per heavy atom. The highest BCUT2D eigenvalue weighted by Crippen LogP contribution is 2.20. The molecule has 7 heteroatoms. The largest absolute Gasteiger partial charge is 0.478 e. The average molecular weight is 421 g/mol. The fraction of sp³-hybridized carbons (Fsp3) is 0.333. The van der Waals surface area contributed by atoms with Gasteiger partial charge in [-0.3, -0.25) is 4.98 Å². The zero-order valence-electron chi connectivity index (χ0n) is 18.2. The van der Waals surface area contributed by atoms with Crippen LogP contribution in [-0.4, -0.2) is 38.2 Å². The Morgan fingerprint density at radius 2 is 1.65 bits per heavy atom. The summed E-state index contributed by atoms with van der Waals surface area (Å²) in [6.07, 6.45) is 9.00. The van der Waals surface area contributed by atoms with Gasteiger partial charge < -0.3 is 14.7 Å². The second-order valence-electron chi connectivity index (χ2n) is 7.83. The van der Waals surface area contributed by atoms with Gasteiger partial charge in [-0.2, -0.15) is 0 Å². The van der Waals surface area contributed by atoms with Crippen molar-refractivity contribution in [1.29, 1.82) is 0 Å². The maximum absolute atomic E-state index is 11.2. The Labute approximate surface area is 182 Å². The molecule has 0 aliphatic rings. The number of pyridine rings is 1. The van der Waals surface area contributed by atoms with Crippen LogP contribution in [0, 0.1) is 0 Å². The molecular weight excluding hydrogens is 392 g/mol. The Balaban J connectivity index is 1.70. The van der Waals surface area contributed by atoms with Crippen LogP contribution in [0.5, 0.6) is 5.75 Å². The number of benzene rings is 1. The number of hydrogen-bond donors (Lipinski definition) is 1. The molecule has 0 bridgehead atoms. The number of aryl methyl sites for hydroxylation is 1. The van der Waals surface area contributed by atoms with Crippen LogP contribution in [0.25, 0.3) is 0 Å². The molecule has 3 aromatic rings. The van der Waals surface area contributed by atoms with Gasteiger partial charge in [-0.25, -0.2) is 14.8 Å². The van der Waals surface area contributed by atoms with Crippen LogP contribution in [-0.2, 0) is 24.2 Å². The average Bonchev–Trinajstić information content (AvgIpc) is 2.78. The lowest BCUT2D eigenvalue weighted by Crippen LogP contribution is -2.37. The van der Waals surface area contributed by atoms with E-state index in [1.165, 1.54) is 13.8 Å². The van der Waals surface area contributed by atoms with Crippen molar-refractivity contribution in [3.63, 3.8) is 0 Å². The van der Waals surface area contributed by atoms with Crippen LogP contribution in [0.2, 0.25) is 0 Å². The monoisotopic (exact) mass is 420 g/mol. The number of ether oxygens (including phenoxy) is 1. The summed E-state index contributed by atoms with van der Waals surface area (Å²) >= 11 is 0. The Kier molecular flexibility index (Phi) is 7.18. The van der Waals surface area contributed by atoms with E-state index in [2.05, 4.69) is 26.8 Å². The first-order chi connectivity index (χ1) is 14.9. The van der Waals surface area contributed by atoms with Crippen molar-refractivity contribution < 1.29 is 14.6 Å². The highest BCUT2D eigenvalue weighted by Gasteiger charge is 2.29. The topological polar surface area (TPSA) is 88.4 Å². The number of hydrogen-bond acceptors (Lipinski definition) is 6. The number of carboxylic acids is 1. The van der Waals surface area contributed by atoms with E-state index < -0.39 is 11.6 Å². The van der Waals surface area contributed by atoms with Crippen LogP contribution in [0.4, 0.5) is 5.95 Å². The van der Waals surface area contributed by atoms with Crippen LogP contribution in [0.15, 0.2) is 61.2 Å². The second kappa shape index (κ2) is 10.0. The van der Waals surface area contributed by atoms with Crippen LogP contribution in [0.1, 0.15) is 37.5 Å². The molecule has 2 aromatic heterocycles. The molecule has 0 aliphatic carbocycles. The summed E-state index contributed by atoms with van der Waals surface area (Å²) in [6.45, 7) is 6.56. The molecule has 1 N–H and O–H groups in total. The van der Waals surface area contributed by atoms with E-state index in [1.807, 2.05) is 36.7 Å². The van der Waals surface area contributed by atoms with Crippen molar-refractivity contribution in [2.75, 3.05) is 11.4 Å². The fourth-order valence-electron chi connectivity index (χ4n) is 2.98. The molecule has 0 aliphatic heterocycles. The minimum absolute atomic E-state index is 0.531. The molecule has 0 atom stereocenters. The molecular formula is C24H28N4O3. The maximum Gasteiger partial charge on any atom is 0.347 e. The lowest BCUT2D eigenvalue weighted by molar-refractivity contribution is -0.152. The van der Waals surface area contributed by atoms with E-state index in [1.54, 1.807) is 24.5 Å². The van der Waals surface area contributed by atoms with Gasteiger partial charge in [0.05, 0.1) is 0 Å². The molecule has 0 saturated carbocycles. The summed E-state index contributed by atoms with van der Waals surface area (Å²) in [6, 6.07) is 11.5. The normalized spacial score (nSPS) is 11.2. The number of carboxylic acid groups (broad SMARTS) is 1. The third kappa shape index (κ3) is 6.25. The van der Waals surface area contributed by atoms with Gasteiger partial charge in [0.1, 0.15) is 5.75 Å². The molecule has 0 radical (unpaired) electrons. The Morgan fingerprint density at radius 3 is 2.23 bits per heavy atom. The Bertz CT molecular complexity index is 974. The molecule has 0 fully saturated rings. The number of nitrogens with zero attached hydrogens (tertiary/aromatic N) is 4. The number of carbonyl (C=O) groups is 1. The van der Waals surface area contributed by atoms with Crippen LogP contribution >= 0.6 is 0 Å². The van der Waals surface area contributed by atoms with Crippen molar-refractivity contribution in [1.82, 2.24) is 15.0 Å². The van der Waals surface area contributed by atoms with Crippen molar-refractivity contribution in [3.8, 4) is 5.75 Å². The molecule has 7 nitrogen and oxygen atoms in total. The smallest absolute Gasteiger partial charge is 0.347 e. The molecule has 162 valence electrons. The van der Waals surface area contributed by atoms with Gasteiger partial charge in [0.2, 0.25) is 5.95 Å². The van der Waals surface area contributed by atoms with E-state index in [0.29, 0.717) is 18.2 Å². The maximum atomic E-state index is 11.2. The molecule has 31 heavy (non-hydrogen) atoms. The summed E-state index contributed by atoms with van der Waals surface area (Å²) in [4.78, 5) is 26.6. The third-order valence-corrected chi connectivity index (χ3v) is 4.99. The van der Waals surface area contributed by atoms with Gasteiger partial charge in [0.25, 0.3) is 0 Å². The summed E-state index contributed by atoms with van der Waals surface area (Å²) < 4.78 is 5.58. The van der Waals surface area contributed by atoms with Crippen molar-refractivity contribution in [3.05, 3.63) is 77.9 Å². The first kappa shape index (κ1) is 22.2. The van der Waals surface area contributed by atoms with Crippen LogP contribution in [0.3, 0.4) is 0 Å². The molecule has 3 rings (SSSR count). The molecule has 0 saturated heterocycles. The van der Waals surface area contributed by atoms with E-state index in [4.69, 9.17) is 4.74 Å². The SMILES string of the molecule is CCc1cnc(N(CCc2ccc(OC(C)(C)C(=O)O)cc2)Cc2ccncc2)nc1. The summed E-state index contributed by atoms with van der Waals surface area (Å²) in [7, 11) is 0. The minimum atomic E-state index is -1.27. The van der Waals surface area contributed by atoms with Gasteiger partial charge >= 0.3 is 5.97 Å². The number of anilines is 1. The third-order valence-electron chi connectivity index (χ3n) is 4.99. The van der Waals surface area contributed by atoms with Gasteiger partial charge in [0.15, 0.2) is 5.60 Å². The van der Waals surface area contributed by atoms with Crippen molar-refractivity contribution in [2.24, 2.45) is 0 Å². The minimum Gasteiger partial charge on any atom is -0.478 e. The molecule has 0 unspecified atom stereocenters. The second-order valence-corrected chi connectivity index (χ2v) is 7.83. The predicted octanol–water partition coefficient (Wildman–Crippen LogP) is 3.93. The summed E-state index contributed by atoms with van der Waals surface area (Å²) in [5, 5.41) is 9.22. The van der Waals surface area contributed by atoms with E-state index in [0.717, 1.165) is 36.1 Å². The molecule has 1 aromatic carbocycles. The molecule has 0 amide bonds. The molecule has 0 spiro atoms. The first-order valence-electron chi connectivity index (χ1n) is 10.3. The zero-order chi connectivity index (χ0) is 22.3. The van der Waals surface area contributed by atoms with Gasteiger partial charge in [-0.05, 0) is 67.6 Å². The summed E-state index contributed by atoms with van der Waals surface area (Å²) in [5.74, 6) is 0.220. The van der Waals surface area contributed by atoms with Crippen LogP contribution < -0.4 is 9.64 Å². The molecule has 2 heterocycles. The first-order valence-corrected chi connectivity index (χ1v) is 10.3. The number of rotatable bonds is 10. The standard InChI is InChI=1S/C24H28N4O3/c1-4-18-15-26-23(27-16-18)28(17-20-9-12-25-13-10-20)14-11-19-5-7-21(8-6-19)31-24(2,3)22(29)30/h5-10,12-13,15-16H,4,11,14,17H2,1-3H3,(H,29,30). The van der Waals surface area contributed by atoms with Crippen molar-refractivity contribution in [2.45, 2.75) is 45.8 Å². The lowest BCUT2D eigenvalue weighted by atomic mass is 10.1. The Hall–Kier alpha value is -3.48. The number of aromatic nitrogens is 3. The van der Waals surface area contributed by atoms with E-state index >= 15 is 0 Å². The van der Waals surface area contributed by atoms with E-state index in [9.17, 15) is 9.90 Å². The number of aliphatic carboxylic acids is 1. The lowest BCUT2D eigenvalue weighted by Gasteiger charge is -2.23.